The lowest BCUT2D eigenvalue weighted by Crippen LogP contribution is -2.30. The predicted octanol–water partition coefficient (Wildman–Crippen LogP) is 23.1. The topological polar surface area (TPSA) is 78.9 Å². The van der Waals surface area contributed by atoms with Crippen LogP contribution in [0, 0.1) is 0 Å². The Hall–Kier alpha value is -3.41. The molecule has 450 valence electrons. The van der Waals surface area contributed by atoms with Crippen LogP contribution in [0.15, 0.2) is 85.1 Å². The third-order valence-electron chi connectivity index (χ3n) is 14.7. The molecule has 6 nitrogen and oxygen atoms in total. The zero-order valence-electron chi connectivity index (χ0n) is 51.7. The molecular weight excluding hydrogens is 961 g/mol. The molecule has 0 saturated heterocycles. The number of hydrogen-bond donors (Lipinski definition) is 0. The Morgan fingerprint density at radius 2 is 0.538 bits per heavy atom. The first-order chi connectivity index (χ1) is 38.5. The molecule has 0 aromatic carbocycles. The van der Waals surface area contributed by atoms with E-state index in [2.05, 4.69) is 93.7 Å². The number of ether oxygens (including phenoxy) is 3. The average molecular weight is 1090 g/mol. The maximum Gasteiger partial charge on any atom is 0.310 e. The maximum atomic E-state index is 12.8. The van der Waals surface area contributed by atoms with Crippen molar-refractivity contribution in [3.05, 3.63) is 85.1 Å². The van der Waals surface area contributed by atoms with E-state index < -0.39 is 12.1 Å². The SMILES string of the molecule is CC/C=C\C/C=C\C/C=C\C/C=C\C/C=C\CC(=O)OC(COC(=O)CCCCCCCCCCCC)COC(=O)CCCCCCCCCCCCCCCCCCCCCCCCC/C=C\C/C=C\CCCCCCC. The van der Waals surface area contributed by atoms with E-state index in [4.69, 9.17) is 14.2 Å². The van der Waals surface area contributed by atoms with Crippen molar-refractivity contribution in [1.29, 1.82) is 0 Å². The highest BCUT2D eigenvalue weighted by Gasteiger charge is 2.19. The van der Waals surface area contributed by atoms with Crippen LogP contribution in [0.5, 0.6) is 0 Å². The summed E-state index contributed by atoms with van der Waals surface area (Å²) in [6.45, 7) is 6.45. The summed E-state index contributed by atoms with van der Waals surface area (Å²) < 4.78 is 16.8. The molecule has 0 aliphatic carbocycles. The van der Waals surface area contributed by atoms with Gasteiger partial charge in [0.1, 0.15) is 13.2 Å². The smallest absolute Gasteiger partial charge is 0.310 e. The van der Waals surface area contributed by atoms with E-state index in [0.29, 0.717) is 12.8 Å². The molecule has 0 aromatic heterocycles. The number of unbranched alkanes of at least 4 members (excludes halogenated alkanes) is 37. The van der Waals surface area contributed by atoms with Crippen molar-refractivity contribution in [2.24, 2.45) is 0 Å². The summed E-state index contributed by atoms with van der Waals surface area (Å²) in [4.78, 5) is 38.1. The summed E-state index contributed by atoms with van der Waals surface area (Å²) in [5.41, 5.74) is 0. The van der Waals surface area contributed by atoms with Crippen molar-refractivity contribution in [2.75, 3.05) is 13.2 Å². The van der Waals surface area contributed by atoms with Crippen molar-refractivity contribution < 1.29 is 28.6 Å². The first-order valence-electron chi connectivity index (χ1n) is 33.6. The van der Waals surface area contributed by atoms with Crippen molar-refractivity contribution in [3.63, 3.8) is 0 Å². The minimum atomic E-state index is -0.827. The van der Waals surface area contributed by atoms with E-state index >= 15 is 0 Å². The second-order valence-corrected chi connectivity index (χ2v) is 22.4. The van der Waals surface area contributed by atoms with Crippen LogP contribution in [0.25, 0.3) is 0 Å². The highest BCUT2D eigenvalue weighted by molar-refractivity contribution is 5.72. The maximum absolute atomic E-state index is 12.8. The highest BCUT2D eigenvalue weighted by Crippen LogP contribution is 2.17. The molecule has 1 unspecified atom stereocenters. The number of allylic oxidation sites excluding steroid dienone is 13. The van der Waals surface area contributed by atoms with Gasteiger partial charge in [0.2, 0.25) is 0 Å². The molecule has 0 aliphatic rings. The van der Waals surface area contributed by atoms with Gasteiger partial charge in [-0.15, -0.1) is 0 Å². The summed E-state index contributed by atoms with van der Waals surface area (Å²) >= 11 is 0. The lowest BCUT2D eigenvalue weighted by Gasteiger charge is -2.18. The molecule has 78 heavy (non-hydrogen) atoms. The Morgan fingerprint density at radius 3 is 0.846 bits per heavy atom. The highest BCUT2D eigenvalue weighted by atomic mass is 16.6. The zero-order chi connectivity index (χ0) is 56.4. The first-order valence-corrected chi connectivity index (χ1v) is 33.6. The number of carbonyl (C=O) groups is 3. The Morgan fingerprint density at radius 1 is 0.282 bits per heavy atom. The molecule has 0 aliphatic heterocycles. The third-order valence-corrected chi connectivity index (χ3v) is 14.7. The van der Waals surface area contributed by atoms with Crippen molar-refractivity contribution in [3.8, 4) is 0 Å². The molecule has 0 N–H and O–H groups in total. The van der Waals surface area contributed by atoms with Crippen LogP contribution in [0.4, 0.5) is 0 Å². The number of carbonyl (C=O) groups excluding carboxylic acids is 3. The van der Waals surface area contributed by atoms with Crippen LogP contribution in [0.1, 0.15) is 335 Å². The second kappa shape index (κ2) is 66.1. The van der Waals surface area contributed by atoms with Crippen LogP contribution in [-0.4, -0.2) is 37.2 Å². The Labute approximate surface area is 484 Å². The molecule has 0 heterocycles. The van der Waals surface area contributed by atoms with E-state index in [-0.39, 0.29) is 31.6 Å². The predicted molar refractivity (Wildman–Crippen MR) is 339 cm³/mol. The molecule has 6 heteroatoms. The van der Waals surface area contributed by atoms with Crippen LogP contribution in [0.2, 0.25) is 0 Å². The monoisotopic (exact) mass is 1090 g/mol. The van der Waals surface area contributed by atoms with Gasteiger partial charge in [0.15, 0.2) is 6.10 Å². The molecule has 1 atom stereocenters. The Kier molecular flexibility index (Phi) is 63.2. The van der Waals surface area contributed by atoms with Crippen molar-refractivity contribution in [2.45, 2.75) is 341 Å². The number of hydrogen-bond acceptors (Lipinski definition) is 6. The Balaban J connectivity index is 4.07. The van der Waals surface area contributed by atoms with E-state index in [1.54, 1.807) is 6.08 Å². The Bertz CT molecular complexity index is 1480. The second-order valence-electron chi connectivity index (χ2n) is 22.4. The third kappa shape index (κ3) is 63.4. The van der Waals surface area contributed by atoms with Gasteiger partial charge in [0.05, 0.1) is 6.42 Å². The van der Waals surface area contributed by atoms with Crippen molar-refractivity contribution >= 4 is 17.9 Å². The summed E-state index contributed by atoms with van der Waals surface area (Å²) in [5.74, 6) is -1.03. The minimum Gasteiger partial charge on any atom is -0.462 e. The molecule has 0 fully saturated rings. The lowest BCUT2D eigenvalue weighted by molar-refractivity contribution is -0.166. The zero-order valence-corrected chi connectivity index (χ0v) is 51.7. The van der Waals surface area contributed by atoms with Gasteiger partial charge in [-0.1, -0.05) is 324 Å². The molecule has 0 aromatic rings. The van der Waals surface area contributed by atoms with Gasteiger partial charge in [-0.2, -0.15) is 0 Å². The molecule has 0 radical (unpaired) electrons. The average Bonchev–Trinajstić information content (AvgIpc) is 3.44. The minimum absolute atomic E-state index is 0.0998. The van der Waals surface area contributed by atoms with Crippen LogP contribution in [-0.2, 0) is 28.6 Å². The number of rotatable bonds is 61. The van der Waals surface area contributed by atoms with Crippen LogP contribution >= 0.6 is 0 Å². The molecule has 0 saturated carbocycles. The van der Waals surface area contributed by atoms with Gasteiger partial charge >= 0.3 is 17.9 Å². The molecule has 0 amide bonds. The normalized spacial score (nSPS) is 12.6. The van der Waals surface area contributed by atoms with Gasteiger partial charge in [-0.05, 0) is 77.0 Å². The summed E-state index contributed by atoms with van der Waals surface area (Å²) in [7, 11) is 0. The van der Waals surface area contributed by atoms with Gasteiger partial charge in [-0.25, -0.2) is 0 Å². The van der Waals surface area contributed by atoms with Gasteiger partial charge < -0.3 is 14.2 Å². The van der Waals surface area contributed by atoms with E-state index in [9.17, 15) is 14.4 Å². The fraction of sp³-hybridized carbons (Fsp3) is 0.764. The van der Waals surface area contributed by atoms with Gasteiger partial charge in [0, 0.05) is 12.8 Å². The quantitative estimate of drug-likeness (QED) is 0.0261. The lowest BCUT2D eigenvalue weighted by atomic mass is 10.0. The molecule has 0 rings (SSSR count). The van der Waals surface area contributed by atoms with E-state index in [1.807, 2.05) is 6.08 Å². The van der Waals surface area contributed by atoms with Crippen LogP contribution in [0.3, 0.4) is 0 Å². The summed E-state index contributed by atoms with van der Waals surface area (Å²) in [6, 6.07) is 0. The summed E-state index contributed by atoms with van der Waals surface area (Å²) in [5, 5.41) is 0. The summed E-state index contributed by atoms with van der Waals surface area (Å²) in [6.07, 6.45) is 88.1. The standard InChI is InChI=1S/C72H126O6/c1-4-7-10-13-16-19-22-24-26-27-28-29-30-31-32-33-34-35-36-37-38-39-40-41-42-43-44-45-47-48-50-53-56-59-62-65-71(74)77-68-69(67-76-70(73)64-61-58-55-52-21-18-15-12-9-6-3)78-72(75)66-63-60-57-54-51-49-46-25-23-20-17-14-11-8-5-2/h8,11,17,20,22,24-25,27-28,46,51,54,60,63,69H,4-7,9-10,12-16,18-19,21,23,26,29-45,47-50,52-53,55-59,61-62,64-68H2,1-3H3/b11-8-,20-17-,24-22-,28-27-,46-25-,54-51-,63-60-. The fourth-order valence-corrected chi connectivity index (χ4v) is 9.67. The van der Waals surface area contributed by atoms with Gasteiger partial charge in [0.25, 0.3) is 0 Å². The largest absolute Gasteiger partial charge is 0.462 e. The molecule has 0 bridgehead atoms. The van der Waals surface area contributed by atoms with E-state index in [1.165, 1.54) is 218 Å². The van der Waals surface area contributed by atoms with Crippen molar-refractivity contribution in [1.82, 2.24) is 0 Å². The number of esters is 3. The van der Waals surface area contributed by atoms with E-state index in [0.717, 1.165) is 77.0 Å². The van der Waals surface area contributed by atoms with Crippen LogP contribution < -0.4 is 0 Å². The fourth-order valence-electron chi connectivity index (χ4n) is 9.67. The molecular formula is C72H126O6. The first kappa shape index (κ1) is 74.6. The van der Waals surface area contributed by atoms with Gasteiger partial charge in [-0.3, -0.25) is 14.4 Å². The molecule has 0 spiro atoms.